The minimum absolute atomic E-state index is 0.105. The molecule has 0 saturated carbocycles. The van der Waals surface area contributed by atoms with Crippen molar-refractivity contribution in [1.82, 2.24) is 15.0 Å². The molecule has 6 aromatic carbocycles. The highest BCUT2D eigenvalue weighted by Gasteiger charge is 2.36. The molecule has 0 atom stereocenters. The Balaban J connectivity index is 1.16. The molecular formula is C45H39N3Si. The Morgan fingerprint density at radius 2 is 0.857 bits per heavy atom. The first-order chi connectivity index (χ1) is 27.4. The summed E-state index contributed by atoms with van der Waals surface area (Å²) in [4.78, 5) is 14.7. The number of hydrogen-bond donors (Lipinski definition) is 0. The molecule has 1 aliphatic rings. The smallest absolute Gasteiger partial charge is 0.164 e. The predicted octanol–water partition coefficient (Wildman–Crippen LogP) is 11.1. The van der Waals surface area contributed by atoms with E-state index >= 15 is 0 Å². The van der Waals surface area contributed by atoms with Gasteiger partial charge in [0.15, 0.2) is 17.5 Å². The monoisotopic (exact) mass is 658 g/mol. The van der Waals surface area contributed by atoms with Gasteiger partial charge in [0.2, 0.25) is 0 Å². The fourth-order valence-corrected chi connectivity index (χ4v) is 7.50. The predicted molar refractivity (Wildman–Crippen MR) is 208 cm³/mol. The first kappa shape index (κ1) is 22.2. The topological polar surface area (TPSA) is 38.7 Å². The number of benzene rings is 6. The second-order valence-corrected chi connectivity index (χ2v) is 15.2. The van der Waals surface area contributed by atoms with E-state index in [-0.39, 0.29) is 5.19 Å². The third-order valence-corrected chi connectivity index (χ3v) is 10.6. The van der Waals surface area contributed by atoms with Crippen LogP contribution in [0, 0.1) is 0 Å². The SMILES string of the molecule is [2H]C([2H])([2H])[Si](c1ccc2c(c1)C(C)(C)c1cc(-c3cccc(-c4cccc(-c5nc(-c6ccccc6)nc(-c6ccccc6)n5)c4)c3)ccc1-2)(C([2H])([2H])[2H])C([2H])([2H])[2H]. The van der Waals surface area contributed by atoms with Crippen molar-refractivity contribution >= 4 is 13.3 Å². The number of nitrogens with zero attached hydrogens (tertiary/aromatic N) is 3. The fourth-order valence-electron chi connectivity index (χ4n) is 6.80. The zero-order valence-electron chi connectivity index (χ0n) is 36.2. The van der Waals surface area contributed by atoms with Gasteiger partial charge >= 0.3 is 0 Å². The maximum absolute atomic E-state index is 8.32. The molecule has 1 aliphatic carbocycles. The van der Waals surface area contributed by atoms with Crippen molar-refractivity contribution in [2.24, 2.45) is 0 Å². The van der Waals surface area contributed by atoms with Crippen LogP contribution in [-0.4, -0.2) is 23.0 Å². The molecule has 0 unspecified atom stereocenters. The van der Waals surface area contributed by atoms with E-state index in [1.807, 2.05) is 105 Å². The standard InChI is InChI=1S/C45H39N3Si/c1-45(2)40-28-35(22-24-38(40)39-25-23-37(29-41(39)45)49(3,4)5)33-19-12-18-32(26-33)34-20-13-21-36(27-34)44-47-42(30-14-8-6-9-15-30)46-43(48-44)31-16-10-7-11-17-31/h6-29H,1-5H3/i3D3,4D3,5D3. The van der Waals surface area contributed by atoms with Crippen molar-refractivity contribution in [3.8, 4) is 67.5 Å². The van der Waals surface area contributed by atoms with Crippen LogP contribution in [0.3, 0.4) is 0 Å². The molecule has 49 heavy (non-hydrogen) atoms. The van der Waals surface area contributed by atoms with Crippen LogP contribution < -0.4 is 5.19 Å². The van der Waals surface area contributed by atoms with Gasteiger partial charge in [-0.3, -0.25) is 0 Å². The molecule has 1 aromatic heterocycles. The van der Waals surface area contributed by atoms with Crippen LogP contribution in [0.2, 0.25) is 19.4 Å². The van der Waals surface area contributed by atoms with Crippen molar-refractivity contribution in [2.45, 2.75) is 38.7 Å². The van der Waals surface area contributed by atoms with Crippen LogP contribution >= 0.6 is 0 Å². The van der Waals surface area contributed by atoms with Gasteiger partial charge in [-0.05, 0) is 62.7 Å². The summed E-state index contributed by atoms with van der Waals surface area (Å²) in [6, 6.07) is 47.0. The van der Waals surface area contributed by atoms with Gasteiger partial charge < -0.3 is 0 Å². The third kappa shape index (κ3) is 5.72. The molecular weight excluding hydrogens is 611 g/mol. The minimum atomic E-state index is -5.16. The molecule has 0 bridgehead atoms. The maximum Gasteiger partial charge on any atom is 0.164 e. The van der Waals surface area contributed by atoms with Gasteiger partial charge in [-0.1, -0.05) is 166 Å². The van der Waals surface area contributed by atoms with Crippen LogP contribution in [0.1, 0.15) is 37.3 Å². The minimum Gasteiger partial charge on any atom is -0.208 e. The van der Waals surface area contributed by atoms with Gasteiger partial charge in [-0.2, -0.15) is 0 Å². The second kappa shape index (κ2) is 11.9. The van der Waals surface area contributed by atoms with Gasteiger partial charge in [-0.25, -0.2) is 15.0 Å². The van der Waals surface area contributed by atoms with Gasteiger partial charge in [0.05, 0.1) is 8.07 Å². The average molecular weight is 659 g/mol. The molecule has 4 heteroatoms. The van der Waals surface area contributed by atoms with Crippen molar-refractivity contribution in [3.63, 3.8) is 0 Å². The summed E-state index contributed by atoms with van der Waals surface area (Å²) >= 11 is 0. The second-order valence-electron chi connectivity index (χ2n) is 13.1. The summed E-state index contributed by atoms with van der Waals surface area (Å²) in [6.45, 7) is -5.60. The number of rotatable bonds is 6. The summed E-state index contributed by atoms with van der Waals surface area (Å²) in [5, 5.41) is -0.105. The zero-order chi connectivity index (χ0) is 41.3. The highest BCUT2D eigenvalue weighted by Crippen LogP contribution is 2.49. The zero-order valence-corrected chi connectivity index (χ0v) is 28.2. The van der Waals surface area contributed by atoms with Crippen molar-refractivity contribution in [3.05, 3.63) is 157 Å². The van der Waals surface area contributed by atoms with Crippen LogP contribution in [0.4, 0.5) is 0 Å². The van der Waals surface area contributed by atoms with Gasteiger partial charge in [0.25, 0.3) is 0 Å². The van der Waals surface area contributed by atoms with E-state index in [2.05, 4.69) is 36.4 Å². The van der Waals surface area contributed by atoms with Gasteiger partial charge in [-0.15, -0.1) is 0 Å². The van der Waals surface area contributed by atoms with E-state index in [1.165, 1.54) is 6.07 Å². The van der Waals surface area contributed by atoms with Crippen molar-refractivity contribution in [2.75, 3.05) is 0 Å². The molecule has 0 spiro atoms. The molecule has 7 aromatic rings. The molecule has 1 heterocycles. The summed E-state index contributed by atoms with van der Waals surface area (Å²) in [5.41, 5.74) is 9.33. The molecule has 0 aliphatic heterocycles. The Bertz CT molecular complexity index is 2580. The third-order valence-electron chi connectivity index (χ3n) is 9.46. The van der Waals surface area contributed by atoms with E-state index in [4.69, 9.17) is 27.3 Å². The summed E-state index contributed by atoms with van der Waals surface area (Å²) < 4.78 is 74.9. The summed E-state index contributed by atoms with van der Waals surface area (Å²) in [6.07, 6.45) is 0. The normalized spacial score (nSPS) is 16.7. The Morgan fingerprint density at radius 3 is 1.41 bits per heavy atom. The molecule has 0 fully saturated rings. The Morgan fingerprint density at radius 1 is 0.429 bits per heavy atom. The van der Waals surface area contributed by atoms with E-state index in [0.29, 0.717) is 23.0 Å². The molecule has 0 saturated heterocycles. The van der Waals surface area contributed by atoms with Crippen molar-refractivity contribution in [1.29, 1.82) is 0 Å². The Labute approximate surface area is 303 Å². The summed E-state index contributed by atoms with van der Waals surface area (Å²) in [7, 11) is -5.16. The van der Waals surface area contributed by atoms with Gasteiger partial charge in [0, 0.05) is 34.4 Å². The van der Waals surface area contributed by atoms with Crippen LogP contribution in [-0.2, 0) is 5.41 Å². The average Bonchev–Trinajstić information content (AvgIpc) is 3.42. The van der Waals surface area contributed by atoms with Crippen LogP contribution in [0.5, 0.6) is 0 Å². The first-order valence-electron chi connectivity index (χ1n) is 20.8. The lowest BCUT2D eigenvalue weighted by Gasteiger charge is -2.24. The van der Waals surface area contributed by atoms with E-state index in [0.717, 1.165) is 55.6 Å². The lowest BCUT2D eigenvalue weighted by atomic mass is 9.81. The van der Waals surface area contributed by atoms with E-state index in [1.54, 1.807) is 12.1 Å². The Kier molecular flexibility index (Phi) is 5.40. The summed E-state index contributed by atoms with van der Waals surface area (Å²) in [5.74, 6) is 1.73. The molecule has 238 valence electrons. The van der Waals surface area contributed by atoms with E-state index in [9.17, 15) is 0 Å². The molecule has 0 amide bonds. The van der Waals surface area contributed by atoms with E-state index < -0.39 is 32.9 Å². The molecule has 8 rings (SSSR count). The highest BCUT2D eigenvalue weighted by atomic mass is 28.3. The Hall–Kier alpha value is -5.45. The largest absolute Gasteiger partial charge is 0.208 e. The highest BCUT2D eigenvalue weighted by molar-refractivity contribution is 6.88. The number of aromatic nitrogens is 3. The maximum atomic E-state index is 8.32. The molecule has 0 radical (unpaired) electrons. The number of fused-ring (bicyclic) bond motifs is 3. The van der Waals surface area contributed by atoms with Gasteiger partial charge in [0.1, 0.15) is 0 Å². The van der Waals surface area contributed by atoms with Crippen LogP contribution in [0.15, 0.2) is 146 Å². The molecule has 3 nitrogen and oxygen atoms in total. The van der Waals surface area contributed by atoms with Crippen molar-refractivity contribution < 1.29 is 12.3 Å². The quantitative estimate of drug-likeness (QED) is 0.167. The lowest BCUT2D eigenvalue weighted by molar-refractivity contribution is 0.661. The fraction of sp³-hybridized carbons (Fsp3) is 0.133. The lowest BCUT2D eigenvalue weighted by Crippen LogP contribution is -2.38. The molecule has 0 N–H and O–H groups in total. The number of hydrogen-bond acceptors (Lipinski definition) is 3. The first-order valence-corrected chi connectivity index (χ1v) is 18.3. The van der Waals surface area contributed by atoms with Crippen LogP contribution in [0.25, 0.3) is 67.5 Å².